The minimum Gasteiger partial charge on any atom is -0.494 e. The molecule has 2 aliphatic rings. The van der Waals surface area contributed by atoms with Crippen LogP contribution < -0.4 is 14.8 Å². The Labute approximate surface area is 155 Å². The lowest BCUT2D eigenvalue weighted by Gasteiger charge is -2.24. The molecule has 2 aliphatic heterocycles. The van der Waals surface area contributed by atoms with Gasteiger partial charge in [-0.3, -0.25) is 4.79 Å². The first-order valence-electron chi connectivity index (χ1n) is 9.24. The van der Waals surface area contributed by atoms with E-state index < -0.39 is 10.0 Å². The van der Waals surface area contributed by atoms with Crippen LogP contribution in [0.2, 0.25) is 0 Å². The maximum atomic E-state index is 12.4. The summed E-state index contributed by atoms with van der Waals surface area (Å²) in [6.45, 7) is 3.97. The lowest BCUT2D eigenvalue weighted by atomic mass is 10.1. The quantitative estimate of drug-likeness (QED) is 0.739. The summed E-state index contributed by atoms with van der Waals surface area (Å²) in [7, 11) is -3.62. The van der Waals surface area contributed by atoms with Gasteiger partial charge >= 0.3 is 0 Å². The van der Waals surface area contributed by atoms with Crippen molar-refractivity contribution in [3.05, 3.63) is 24.3 Å². The average Bonchev–Trinajstić information content (AvgIpc) is 2.94. The topological polar surface area (TPSA) is 87.7 Å². The van der Waals surface area contributed by atoms with Gasteiger partial charge in [-0.15, -0.1) is 0 Å². The Balaban J connectivity index is 1.49. The van der Waals surface area contributed by atoms with Crippen molar-refractivity contribution < 1.29 is 17.9 Å². The summed E-state index contributed by atoms with van der Waals surface area (Å²) in [5.74, 6) is 0.638. The lowest BCUT2D eigenvalue weighted by molar-refractivity contribution is -0.131. The second-order valence-electron chi connectivity index (χ2n) is 6.82. The molecule has 0 aliphatic carbocycles. The second-order valence-corrected chi connectivity index (χ2v) is 8.59. The first kappa shape index (κ1) is 19.1. The van der Waals surface area contributed by atoms with Crippen molar-refractivity contribution in [2.45, 2.75) is 49.6 Å². The predicted octanol–water partition coefficient (Wildman–Crippen LogP) is 1.11. The van der Waals surface area contributed by atoms with E-state index in [1.807, 2.05) is 11.8 Å². The zero-order valence-electron chi connectivity index (χ0n) is 15.1. The molecule has 2 fully saturated rings. The molecule has 144 valence electrons. The number of hydrogen-bond acceptors (Lipinski definition) is 5. The summed E-state index contributed by atoms with van der Waals surface area (Å²) in [5, 5.41) is 3.54. The number of ether oxygens (including phenoxy) is 1. The van der Waals surface area contributed by atoms with Gasteiger partial charge in [0.25, 0.3) is 0 Å². The fourth-order valence-electron chi connectivity index (χ4n) is 3.59. The van der Waals surface area contributed by atoms with Crippen molar-refractivity contribution in [2.24, 2.45) is 0 Å². The smallest absolute Gasteiger partial charge is 0.240 e. The van der Waals surface area contributed by atoms with Gasteiger partial charge in [0.15, 0.2) is 0 Å². The SMILES string of the molecule is CCOc1ccc(S(=O)(=O)NCCC(=O)N2CCC3CCC(C2)N3)cc1. The van der Waals surface area contributed by atoms with Crippen LogP contribution in [0.3, 0.4) is 0 Å². The molecular weight excluding hydrogens is 354 g/mol. The van der Waals surface area contributed by atoms with Crippen LogP contribution in [0.4, 0.5) is 0 Å². The van der Waals surface area contributed by atoms with Gasteiger partial charge in [0.2, 0.25) is 15.9 Å². The lowest BCUT2D eigenvalue weighted by Crippen LogP contribution is -2.40. The summed E-state index contributed by atoms with van der Waals surface area (Å²) in [6, 6.07) is 7.17. The van der Waals surface area contributed by atoms with Crippen LogP contribution in [-0.2, 0) is 14.8 Å². The molecule has 26 heavy (non-hydrogen) atoms. The average molecular weight is 381 g/mol. The van der Waals surface area contributed by atoms with Crippen LogP contribution in [0, 0.1) is 0 Å². The fraction of sp³-hybridized carbons (Fsp3) is 0.611. The molecule has 2 atom stereocenters. The number of sulfonamides is 1. The Kier molecular flexibility index (Phi) is 6.16. The maximum absolute atomic E-state index is 12.4. The monoisotopic (exact) mass is 381 g/mol. The highest BCUT2D eigenvalue weighted by atomic mass is 32.2. The summed E-state index contributed by atoms with van der Waals surface area (Å²) in [6.07, 6.45) is 3.45. The van der Waals surface area contributed by atoms with E-state index in [4.69, 9.17) is 4.74 Å². The van der Waals surface area contributed by atoms with Gasteiger partial charge in [0.1, 0.15) is 5.75 Å². The third-order valence-corrected chi connectivity index (χ3v) is 6.43. The maximum Gasteiger partial charge on any atom is 0.240 e. The van der Waals surface area contributed by atoms with Gasteiger partial charge < -0.3 is 15.0 Å². The molecule has 8 heteroatoms. The number of nitrogens with one attached hydrogen (secondary N) is 2. The molecule has 2 N–H and O–H groups in total. The van der Waals surface area contributed by atoms with Crippen LogP contribution in [0.1, 0.15) is 32.6 Å². The molecule has 3 rings (SSSR count). The molecular formula is C18H27N3O4S. The van der Waals surface area contributed by atoms with Crippen LogP contribution in [-0.4, -0.2) is 57.5 Å². The second kappa shape index (κ2) is 8.37. The number of nitrogens with zero attached hydrogens (tertiary/aromatic N) is 1. The first-order chi connectivity index (χ1) is 12.5. The Morgan fingerprint density at radius 3 is 2.69 bits per heavy atom. The summed E-state index contributed by atoms with van der Waals surface area (Å²) in [5.41, 5.74) is 0. The van der Waals surface area contributed by atoms with E-state index >= 15 is 0 Å². The minimum absolute atomic E-state index is 0.00810. The molecule has 1 aromatic carbocycles. The van der Waals surface area contributed by atoms with Crippen molar-refractivity contribution >= 4 is 15.9 Å². The van der Waals surface area contributed by atoms with Gasteiger partial charge in [-0.1, -0.05) is 0 Å². The van der Waals surface area contributed by atoms with Gasteiger partial charge in [0, 0.05) is 38.1 Å². The van der Waals surface area contributed by atoms with E-state index in [0.29, 0.717) is 24.4 Å². The fourth-order valence-corrected chi connectivity index (χ4v) is 4.62. The third kappa shape index (κ3) is 4.75. The number of carbonyl (C=O) groups excluding carboxylic acids is 1. The Morgan fingerprint density at radius 1 is 1.23 bits per heavy atom. The highest BCUT2D eigenvalue weighted by Crippen LogP contribution is 2.21. The number of amides is 1. The molecule has 2 bridgehead atoms. The largest absolute Gasteiger partial charge is 0.494 e. The molecule has 1 aromatic rings. The molecule has 0 saturated carbocycles. The molecule has 2 saturated heterocycles. The molecule has 0 radical (unpaired) electrons. The van der Waals surface area contributed by atoms with Crippen molar-refractivity contribution in [1.29, 1.82) is 0 Å². The molecule has 0 spiro atoms. The number of fused-ring (bicyclic) bond motifs is 2. The zero-order valence-corrected chi connectivity index (χ0v) is 15.9. The molecule has 0 aromatic heterocycles. The van der Waals surface area contributed by atoms with Crippen LogP contribution >= 0.6 is 0 Å². The van der Waals surface area contributed by atoms with Crippen molar-refractivity contribution in [3.8, 4) is 5.75 Å². The van der Waals surface area contributed by atoms with E-state index in [2.05, 4.69) is 10.0 Å². The number of carbonyl (C=O) groups is 1. The highest BCUT2D eigenvalue weighted by Gasteiger charge is 2.30. The summed E-state index contributed by atoms with van der Waals surface area (Å²) < 4.78 is 32.5. The number of rotatable bonds is 7. The van der Waals surface area contributed by atoms with Gasteiger partial charge in [-0.25, -0.2) is 13.1 Å². The van der Waals surface area contributed by atoms with E-state index in [0.717, 1.165) is 25.9 Å². The first-order valence-corrected chi connectivity index (χ1v) is 10.7. The van der Waals surface area contributed by atoms with Crippen molar-refractivity contribution in [2.75, 3.05) is 26.2 Å². The Bertz CT molecular complexity index is 720. The normalized spacial score (nSPS) is 22.9. The summed E-state index contributed by atoms with van der Waals surface area (Å²) in [4.78, 5) is 14.4. The number of likely N-dealkylation sites (tertiary alicyclic amines) is 1. The molecule has 1 amide bonds. The van der Waals surface area contributed by atoms with E-state index in [1.54, 1.807) is 12.1 Å². The Morgan fingerprint density at radius 2 is 1.96 bits per heavy atom. The number of benzene rings is 1. The van der Waals surface area contributed by atoms with Gasteiger partial charge in [-0.2, -0.15) is 0 Å². The van der Waals surface area contributed by atoms with Gasteiger partial charge in [0.05, 0.1) is 11.5 Å². The third-order valence-electron chi connectivity index (χ3n) is 4.95. The highest BCUT2D eigenvalue weighted by molar-refractivity contribution is 7.89. The minimum atomic E-state index is -3.62. The van der Waals surface area contributed by atoms with Crippen LogP contribution in [0.15, 0.2) is 29.2 Å². The standard InChI is InChI=1S/C18H27N3O4S/c1-2-25-16-5-7-17(8-6-16)26(23,24)19-11-9-18(22)21-12-10-14-3-4-15(13-21)20-14/h5-8,14-15,19-20H,2-4,9-13H2,1H3. The molecule has 2 unspecified atom stereocenters. The van der Waals surface area contributed by atoms with Crippen LogP contribution in [0.5, 0.6) is 5.75 Å². The van der Waals surface area contributed by atoms with Crippen molar-refractivity contribution in [3.63, 3.8) is 0 Å². The number of hydrogen-bond donors (Lipinski definition) is 2. The van der Waals surface area contributed by atoms with Crippen LogP contribution in [0.25, 0.3) is 0 Å². The van der Waals surface area contributed by atoms with E-state index in [1.165, 1.54) is 18.6 Å². The zero-order chi connectivity index (χ0) is 18.6. The molecule has 2 heterocycles. The predicted molar refractivity (Wildman–Crippen MR) is 98.6 cm³/mol. The van der Waals surface area contributed by atoms with Crippen molar-refractivity contribution in [1.82, 2.24) is 14.9 Å². The van der Waals surface area contributed by atoms with Gasteiger partial charge in [-0.05, 0) is 50.5 Å². The summed E-state index contributed by atoms with van der Waals surface area (Å²) >= 11 is 0. The van der Waals surface area contributed by atoms with E-state index in [-0.39, 0.29) is 23.8 Å². The Hall–Kier alpha value is -1.64. The molecule has 7 nitrogen and oxygen atoms in total. The van der Waals surface area contributed by atoms with E-state index in [9.17, 15) is 13.2 Å².